The summed E-state index contributed by atoms with van der Waals surface area (Å²) in [5, 5.41) is 0. The number of unbranched alkanes of at least 4 members (excludes halogenated alkanes) is 60. The lowest BCUT2D eigenvalue weighted by Crippen LogP contribution is -2.38. The average Bonchev–Trinajstić information content (AvgIpc) is 0.802. The number of hydrogen-bond acceptors (Lipinski definition) is 6. The van der Waals surface area contributed by atoms with Gasteiger partial charge in [0.15, 0.2) is 0 Å². The third kappa shape index (κ3) is 55.8. The van der Waals surface area contributed by atoms with Crippen molar-refractivity contribution in [2.24, 2.45) is 17.3 Å². The molecule has 0 bridgehead atoms. The highest BCUT2D eigenvalue weighted by Gasteiger charge is 2.42. The fourth-order valence-electron chi connectivity index (χ4n) is 17.5. The first-order chi connectivity index (χ1) is 52.8. The van der Waals surface area contributed by atoms with Crippen LogP contribution in [0, 0.1) is 17.3 Å². The maximum atomic E-state index is 6.95. The minimum absolute atomic E-state index is 0.176. The van der Waals surface area contributed by atoms with Crippen molar-refractivity contribution in [2.45, 2.75) is 529 Å². The number of rotatable bonds is 80. The van der Waals surface area contributed by atoms with Crippen molar-refractivity contribution in [3.63, 3.8) is 0 Å². The van der Waals surface area contributed by atoms with Crippen LogP contribution < -0.4 is 9.05 Å². The van der Waals surface area contributed by atoms with Gasteiger partial charge in [-0.3, -0.25) is 9.05 Å². The van der Waals surface area contributed by atoms with Crippen LogP contribution in [0.1, 0.15) is 515 Å². The van der Waals surface area contributed by atoms with Crippen LogP contribution in [0.3, 0.4) is 0 Å². The SMILES string of the molecule is CCCCCCCCCCCCCCCCCCOP(Oc1ccc(CCCCCCCCCCCCCCCCCC)cc1)OC1CCC(C(C)(C)C2CCC(OP(OCCCCCCCCCCCCCCCCCC)Oc3ccc(CCCCCCCCCCCCCCCCCC)cc3)CC2)CC1. The molecule has 6 nitrogen and oxygen atoms in total. The number of hydrogen-bond donors (Lipinski definition) is 0. The largest absolute Gasteiger partial charge is 0.427 e. The molecule has 2 atom stereocenters. The van der Waals surface area contributed by atoms with Gasteiger partial charge in [0.25, 0.3) is 0 Å². The molecule has 2 aliphatic rings. The van der Waals surface area contributed by atoms with E-state index in [9.17, 15) is 0 Å². The van der Waals surface area contributed by atoms with Crippen LogP contribution in [0.5, 0.6) is 11.5 Å². The van der Waals surface area contributed by atoms with Gasteiger partial charge in [-0.05, 0) is 143 Å². The second-order valence-corrected chi connectivity index (χ2v) is 37.5. The molecule has 2 aromatic carbocycles. The number of aryl methyl sites for hydroxylation is 2. The van der Waals surface area contributed by atoms with E-state index >= 15 is 0 Å². The third-order valence-corrected chi connectivity index (χ3v) is 27.6. The van der Waals surface area contributed by atoms with Crippen molar-refractivity contribution in [2.75, 3.05) is 13.2 Å². The summed E-state index contributed by atoms with van der Waals surface area (Å²) < 4.78 is 40.6. The van der Waals surface area contributed by atoms with Crippen LogP contribution in [0.25, 0.3) is 0 Å². The third-order valence-electron chi connectivity index (χ3n) is 25.2. The minimum atomic E-state index is -1.48. The summed E-state index contributed by atoms with van der Waals surface area (Å²) in [6.07, 6.45) is 101. The predicted molar refractivity (Wildman–Crippen MR) is 473 cm³/mol. The zero-order chi connectivity index (χ0) is 75.9. The van der Waals surface area contributed by atoms with Gasteiger partial charge in [-0.15, -0.1) is 0 Å². The molecule has 0 N–H and O–H groups in total. The molecule has 2 saturated carbocycles. The van der Waals surface area contributed by atoms with Gasteiger partial charge in [0.05, 0.1) is 25.4 Å². The van der Waals surface area contributed by atoms with E-state index < -0.39 is 17.2 Å². The van der Waals surface area contributed by atoms with E-state index in [-0.39, 0.29) is 17.6 Å². The monoisotopic (exact) mass is 1530 g/mol. The smallest absolute Gasteiger partial charge is 0.397 e. The van der Waals surface area contributed by atoms with E-state index in [4.69, 9.17) is 27.1 Å². The Bertz CT molecular complexity index is 1970. The lowest BCUT2D eigenvalue weighted by Gasteiger charge is -2.46. The lowest BCUT2D eigenvalue weighted by atomic mass is 9.60. The summed E-state index contributed by atoms with van der Waals surface area (Å²) in [6.45, 7) is 15.9. The van der Waals surface area contributed by atoms with Gasteiger partial charge in [0, 0.05) is 0 Å². The van der Waals surface area contributed by atoms with Crippen LogP contribution in [0.4, 0.5) is 0 Å². The summed E-state index contributed by atoms with van der Waals surface area (Å²) in [4.78, 5) is 0. The summed E-state index contributed by atoms with van der Waals surface area (Å²) in [5.41, 5.74) is 3.09. The Morgan fingerprint density at radius 2 is 0.430 bits per heavy atom. The molecule has 0 saturated heterocycles. The van der Waals surface area contributed by atoms with E-state index in [1.807, 2.05) is 0 Å². The Balaban J connectivity index is 1.20. The standard InChI is InChI=1S/C99H182O6P2/c1-7-11-15-19-23-27-31-35-39-43-47-51-55-59-63-67-71-91-73-81-95(82-74-91)102-106(100-89-69-65-61-57-53-49-45-41-37-33-29-25-21-17-13-9-3)104-97-85-77-93(78-86-97)99(5,6)94-79-87-98(88-80-94)105-107(101-90-70-66-62-58-54-50-46-42-38-34-30-26-22-18-14-10-4)103-96-83-75-92(76-84-96)72-68-64-60-56-52-48-44-40-36-32-28-24-20-16-12-8-2/h73-76,81-84,93-94,97-98H,7-72,77-80,85-90H2,1-6H3. The fourth-order valence-corrected chi connectivity index (χ4v) is 19.9. The first kappa shape index (κ1) is 98.1. The van der Waals surface area contributed by atoms with Crippen molar-refractivity contribution in [3.05, 3.63) is 59.7 Å². The van der Waals surface area contributed by atoms with E-state index in [1.54, 1.807) is 0 Å². The Morgan fingerprint density at radius 1 is 0.243 bits per heavy atom. The molecule has 0 amide bonds. The molecule has 0 aliphatic heterocycles. The molecule has 0 radical (unpaired) electrons. The maximum absolute atomic E-state index is 6.95. The quantitative estimate of drug-likeness (QED) is 0.0486. The van der Waals surface area contributed by atoms with Gasteiger partial charge in [0.2, 0.25) is 0 Å². The first-order valence-corrected chi connectivity index (χ1v) is 50.8. The van der Waals surface area contributed by atoms with Gasteiger partial charge in [-0.25, -0.2) is 0 Å². The zero-order valence-corrected chi connectivity index (χ0v) is 74.3. The molecule has 107 heavy (non-hydrogen) atoms. The van der Waals surface area contributed by atoms with Gasteiger partial charge < -0.3 is 18.1 Å². The Hall–Kier alpha value is -1.26. The van der Waals surface area contributed by atoms with Crippen LogP contribution in [0.15, 0.2) is 48.5 Å². The predicted octanol–water partition coefficient (Wildman–Crippen LogP) is 35.9. The van der Waals surface area contributed by atoms with E-state index in [2.05, 4.69) is 90.1 Å². The van der Waals surface area contributed by atoms with Crippen LogP contribution in [-0.2, 0) is 30.9 Å². The zero-order valence-electron chi connectivity index (χ0n) is 72.5. The van der Waals surface area contributed by atoms with Crippen molar-refractivity contribution >= 4 is 17.2 Å². The molecule has 4 rings (SSSR count). The second-order valence-electron chi connectivity index (χ2n) is 35.3. The van der Waals surface area contributed by atoms with E-state index in [0.717, 1.165) is 62.9 Å². The fraction of sp³-hybridized carbons (Fsp3) is 0.879. The van der Waals surface area contributed by atoms with Gasteiger partial charge in [-0.2, -0.15) is 0 Å². The molecule has 0 spiro atoms. The highest BCUT2D eigenvalue weighted by atomic mass is 31.2. The van der Waals surface area contributed by atoms with Gasteiger partial charge in [-0.1, -0.05) is 451 Å². The summed E-state index contributed by atoms with van der Waals surface area (Å²) in [7, 11) is -2.97. The summed E-state index contributed by atoms with van der Waals surface area (Å²) in [6, 6.07) is 17.9. The van der Waals surface area contributed by atoms with E-state index in [1.165, 1.54) is 435 Å². The second kappa shape index (κ2) is 72.4. The Kier molecular flexibility index (Phi) is 66.4. The molecule has 8 heteroatoms. The highest BCUT2D eigenvalue weighted by Crippen LogP contribution is 2.53. The Morgan fingerprint density at radius 3 is 0.636 bits per heavy atom. The van der Waals surface area contributed by atoms with Gasteiger partial charge >= 0.3 is 17.2 Å². The molecule has 2 aromatic rings. The van der Waals surface area contributed by atoms with Crippen molar-refractivity contribution < 1.29 is 27.1 Å². The Labute approximate surface area is 670 Å². The molecule has 0 aromatic heterocycles. The van der Waals surface area contributed by atoms with Gasteiger partial charge in [0.1, 0.15) is 11.5 Å². The summed E-state index contributed by atoms with van der Waals surface area (Å²) >= 11 is 0. The van der Waals surface area contributed by atoms with E-state index in [0.29, 0.717) is 25.0 Å². The topological polar surface area (TPSA) is 55.4 Å². The summed E-state index contributed by atoms with van der Waals surface area (Å²) in [5.74, 6) is 3.14. The number of benzene rings is 2. The first-order valence-electron chi connectivity index (χ1n) is 48.6. The highest BCUT2D eigenvalue weighted by molar-refractivity contribution is 7.42. The molecule has 2 unspecified atom stereocenters. The molecule has 2 aliphatic carbocycles. The minimum Gasteiger partial charge on any atom is -0.427 e. The maximum Gasteiger partial charge on any atom is 0.397 e. The molecule has 624 valence electrons. The lowest BCUT2D eigenvalue weighted by molar-refractivity contribution is 0.00601. The van der Waals surface area contributed by atoms with Crippen molar-refractivity contribution in [3.8, 4) is 11.5 Å². The van der Waals surface area contributed by atoms with Crippen molar-refractivity contribution in [1.29, 1.82) is 0 Å². The normalized spacial score (nSPS) is 17.0. The molecule has 2 fully saturated rings. The average molecular weight is 1530 g/mol. The van der Waals surface area contributed by atoms with Crippen LogP contribution >= 0.6 is 17.2 Å². The van der Waals surface area contributed by atoms with Crippen LogP contribution in [-0.4, -0.2) is 25.4 Å². The molecule has 0 heterocycles. The molecular formula is C99H182O6P2. The molecular weight excluding hydrogens is 1350 g/mol. The van der Waals surface area contributed by atoms with Crippen molar-refractivity contribution in [1.82, 2.24) is 0 Å². The van der Waals surface area contributed by atoms with Crippen LogP contribution in [0.2, 0.25) is 0 Å².